The van der Waals surface area contributed by atoms with Crippen LogP contribution >= 0.6 is 11.3 Å². The van der Waals surface area contributed by atoms with Crippen molar-refractivity contribution in [3.05, 3.63) is 15.8 Å². The fraction of sp³-hybridized carbons (Fsp3) is 0.714. The molecule has 0 aromatic carbocycles. The van der Waals surface area contributed by atoms with Crippen molar-refractivity contribution >= 4 is 21.4 Å². The highest BCUT2D eigenvalue weighted by molar-refractivity contribution is 7.89. The van der Waals surface area contributed by atoms with Crippen LogP contribution in [0.1, 0.15) is 23.8 Å². The number of nitrogens with zero attached hydrogens (tertiary/aromatic N) is 2. The van der Waals surface area contributed by atoms with E-state index in [-0.39, 0.29) is 0 Å². The predicted octanol–water partition coefficient (Wildman–Crippen LogP) is 1.49. The molecule has 5 nitrogen and oxygen atoms in total. The van der Waals surface area contributed by atoms with E-state index in [2.05, 4.69) is 17.1 Å². The van der Waals surface area contributed by atoms with Gasteiger partial charge in [0.05, 0.1) is 0 Å². The van der Waals surface area contributed by atoms with Crippen molar-refractivity contribution in [1.82, 2.24) is 14.5 Å². The van der Waals surface area contributed by atoms with Crippen LogP contribution in [0.25, 0.3) is 0 Å². The van der Waals surface area contributed by atoms with E-state index >= 15 is 0 Å². The molecule has 0 amide bonds. The van der Waals surface area contributed by atoms with E-state index in [9.17, 15) is 8.42 Å². The molecule has 0 atom stereocenters. The molecule has 2 rings (SSSR count). The molecule has 1 fully saturated rings. The van der Waals surface area contributed by atoms with Crippen molar-refractivity contribution in [2.24, 2.45) is 0 Å². The first-order valence-corrected chi connectivity index (χ1v) is 9.76. The minimum absolute atomic E-state index is 0.519. The summed E-state index contributed by atoms with van der Waals surface area (Å²) in [6.07, 6.45) is 1.11. The van der Waals surface area contributed by atoms with Crippen LogP contribution in [0.3, 0.4) is 0 Å². The van der Waals surface area contributed by atoms with Crippen LogP contribution in [0.15, 0.2) is 10.3 Å². The molecule has 1 aliphatic rings. The van der Waals surface area contributed by atoms with Crippen LogP contribution in [0, 0.1) is 6.92 Å². The molecule has 0 radical (unpaired) electrons. The molecule has 7 heteroatoms. The predicted molar refractivity (Wildman–Crippen MR) is 87.3 cm³/mol. The lowest BCUT2D eigenvalue weighted by Crippen LogP contribution is -2.48. The van der Waals surface area contributed by atoms with Gasteiger partial charge in [-0.25, -0.2) is 8.42 Å². The van der Waals surface area contributed by atoms with Gasteiger partial charge in [-0.1, -0.05) is 6.92 Å². The minimum Gasteiger partial charge on any atom is -0.315 e. The second-order valence-electron chi connectivity index (χ2n) is 5.45. The molecule has 120 valence electrons. The quantitative estimate of drug-likeness (QED) is 0.858. The van der Waals surface area contributed by atoms with E-state index in [4.69, 9.17) is 0 Å². The number of hydrogen-bond donors (Lipinski definition) is 1. The molecule has 1 aliphatic heterocycles. The van der Waals surface area contributed by atoms with Crippen molar-refractivity contribution in [3.63, 3.8) is 0 Å². The van der Waals surface area contributed by atoms with E-state index < -0.39 is 10.0 Å². The molecular formula is C14H25N3O2S2. The molecule has 0 unspecified atom stereocenters. The average Bonchev–Trinajstić information content (AvgIpc) is 2.82. The third-order valence-corrected chi connectivity index (χ3v) is 7.16. The van der Waals surface area contributed by atoms with Crippen LogP contribution in [0.4, 0.5) is 0 Å². The van der Waals surface area contributed by atoms with Crippen LogP contribution in [0.5, 0.6) is 0 Å². The molecule has 0 aliphatic carbocycles. The Kier molecular flexibility index (Phi) is 5.79. The number of aryl methyl sites for hydroxylation is 1. The van der Waals surface area contributed by atoms with E-state index in [1.54, 1.807) is 4.31 Å². The summed E-state index contributed by atoms with van der Waals surface area (Å²) in [5.74, 6) is 0. The van der Waals surface area contributed by atoms with Gasteiger partial charge in [0.2, 0.25) is 10.0 Å². The minimum atomic E-state index is -3.36. The molecule has 0 saturated carbocycles. The van der Waals surface area contributed by atoms with Gasteiger partial charge in [0.15, 0.2) is 0 Å². The molecule has 21 heavy (non-hydrogen) atoms. The lowest BCUT2D eigenvalue weighted by atomic mass is 10.3. The molecule has 0 bridgehead atoms. The Morgan fingerprint density at radius 1 is 1.29 bits per heavy atom. The lowest BCUT2D eigenvalue weighted by molar-refractivity contribution is 0.188. The van der Waals surface area contributed by atoms with Crippen molar-refractivity contribution in [3.8, 4) is 0 Å². The third-order valence-electron chi connectivity index (χ3n) is 3.80. The van der Waals surface area contributed by atoms with Crippen LogP contribution < -0.4 is 5.32 Å². The zero-order chi connectivity index (χ0) is 15.5. The summed E-state index contributed by atoms with van der Waals surface area (Å²) in [6, 6.07) is 0. The molecule has 1 N–H and O–H groups in total. The zero-order valence-corrected chi connectivity index (χ0v) is 14.7. The van der Waals surface area contributed by atoms with Gasteiger partial charge in [0.1, 0.15) is 4.90 Å². The smallest absolute Gasteiger partial charge is 0.244 e. The zero-order valence-electron chi connectivity index (χ0n) is 13.1. The Morgan fingerprint density at radius 2 is 1.95 bits per heavy atom. The number of nitrogens with one attached hydrogen (secondary N) is 1. The van der Waals surface area contributed by atoms with E-state index in [1.807, 2.05) is 19.4 Å². The maximum Gasteiger partial charge on any atom is 0.244 e. The topological polar surface area (TPSA) is 52.7 Å². The first-order chi connectivity index (χ1) is 10.0. The largest absolute Gasteiger partial charge is 0.315 e. The Morgan fingerprint density at radius 3 is 2.52 bits per heavy atom. The van der Waals surface area contributed by atoms with E-state index in [0.717, 1.165) is 36.5 Å². The molecule has 1 aromatic rings. The normalized spacial score (nSPS) is 18.2. The highest BCUT2D eigenvalue weighted by atomic mass is 32.2. The second kappa shape index (κ2) is 7.19. The van der Waals surface area contributed by atoms with Gasteiger partial charge in [-0.3, -0.25) is 0 Å². The highest BCUT2D eigenvalue weighted by Crippen LogP contribution is 2.30. The summed E-state index contributed by atoms with van der Waals surface area (Å²) >= 11 is 1.52. The number of piperazine rings is 1. The number of hydrogen-bond acceptors (Lipinski definition) is 5. The van der Waals surface area contributed by atoms with Gasteiger partial charge in [0, 0.05) is 37.6 Å². The van der Waals surface area contributed by atoms with Gasteiger partial charge >= 0.3 is 0 Å². The third kappa shape index (κ3) is 3.65. The SMILES string of the molecule is CCCN1CCN(S(=O)(=O)c2c(C)csc2CNC)CC1. The molecule has 0 spiro atoms. The summed E-state index contributed by atoms with van der Waals surface area (Å²) < 4.78 is 27.5. The summed E-state index contributed by atoms with van der Waals surface area (Å²) in [4.78, 5) is 3.76. The van der Waals surface area contributed by atoms with Gasteiger partial charge in [0.25, 0.3) is 0 Å². The van der Waals surface area contributed by atoms with E-state index in [1.165, 1.54) is 11.3 Å². The highest BCUT2D eigenvalue weighted by Gasteiger charge is 2.31. The van der Waals surface area contributed by atoms with Gasteiger partial charge in [-0.15, -0.1) is 11.3 Å². The molecule has 2 heterocycles. The Balaban J connectivity index is 2.18. The van der Waals surface area contributed by atoms with Crippen molar-refractivity contribution in [1.29, 1.82) is 0 Å². The van der Waals surface area contributed by atoms with E-state index in [0.29, 0.717) is 24.5 Å². The Labute approximate surface area is 132 Å². The summed E-state index contributed by atoms with van der Waals surface area (Å²) in [7, 11) is -1.52. The van der Waals surface area contributed by atoms with Crippen molar-refractivity contribution in [2.75, 3.05) is 39.8 Å². The monoisotopic (exact) mass is 331 g/mol. The van der Waals surface area contributed by atoms with Crippen LogP contribution in [0.2, 0.25) is 0 Å². The van der Waals surface area contributed by atoms with Gasteiger partial charge in [-0.05, 0) is 37.9 Å². The molecule has 1 saturated heterocycles. The first kappa shape index (κ1) is 16.9. The molecule has 1 aromatic heterocycles. The molecular weight excluding hydrogens is 306 g/mol. The summed E-state index contributed by atoms with van der Waals surface area (Å²) in [5, 5.41) is 4.99. The van der Waals surface area contributed by atoms with Crippen LogP contribution in [-0.2, 0) is 16.6 Å². The first-order valence-electron chi connectivity index (χ1n) is 7.44. The van der Waals surface area contributed by atoms with Crippen LogP contribution in [-0.4, -0.2) is 57.4 Å². The standard InChI is InChI=1S/C14H25N3O2S2/c1-4-5-16-6-8-17(9-7-16)21(18,19)14-12(2)11-20-13(14)10-15-3/h11,15H,4-10H2,1-3H3. The average molecular weight is 332 g/mol. The van der Waals surface area contributed by atoms with Gasteiger partial charge < -0.3 is 10.2 Å². The maximum atomic E-state index is 12.9. The Bertz CT molecular complexity index is 561. The fourth-order valence-electron chi connectivity index (χ4n) is 2.76. The maximum absolute atomic E-state index is 12.9. The van der Waals surface area contributed by atoms with Gasteiger partial charge in [-0.2, -0.15) is 4.31 Å². The summed E-state index contributed by atoms with van der Waals surface area (Å²) in [6.45, 7) is 8.54. The van der Waals surface area contributed by atoms with Crippen molar-refractivity contribution < 1.29 is 8.42 Å². The summed E-state index contributed by atoms with van der Waals surface area (Å²) in [5.41, 5.74) is 0.862. The lowest BCUT2D eigenvalue weighted by Gasteiger charge is -2.34. The second-order valence-corrected chi connectivity index (χ2v) is 8.29. The Hall–Kier alpha value is -0.470. The number of rotatable bonds is 6. The van der Waals surface area contributed by atoms with Crippen molar-refractivity contribution in [2.45, 2.75) is 31.7 Å². The fourth-order valence-corrected chi connectivity index (χ4v) is 5.95. The number of thiophene rings is 1. The number of sulfonamides is 1.